The first kappa shape index (κ1) is 9.10. The molecule has 0 rings (SSSR count). The van der Waals surface area contributed by atoms with Gasteiger partial charge in [-0.15, -0.1) is 0 Å². The van der Waals surface area contributed by atoms with Crippen molar-refractivity contribution in [1.29, 1.82) is 0 Å². The molecule has 0 aromatic carbocycles. The van der Waals surface area contributed by atoms with Crippen LogP contribution in [0.3, 0.4) is 0 Å². The van der Waals surface area contributed by atoms with Crippen LogP contribution in [-0.2, 0) is 14.4 Å². The van der Waals surface area contributed by atoms with E-state index in [2.05, 4.69) is 10.7 Å². The first-order chi connectivity index (χ1) is 4.72. The minimum Gasteiger partial charge on any atom is -0.373 e. The van der Waals surface area contributed by atoms with Gasteiger partial charge < -0.3 is 9.63 Å². The monoisotopic (exact) mass is 145 g/mol. The molecule has 0 aliphatic heterocycles. The molecule has 0 heterocycles. The molecule has 0 aliphatic carbocycles. The highest BCUT2D eigenvalue weighted by Gasteiger charge is 2.11. The highest BCUT2D eigenvalue weighted by atomic mass is 16.7. The average Bonchev–Trinajstić information content (AvgIpc) is 1.98. The van der Waals surface area contributed by atoms with E-state index in [0.717, 1.165) is 6.29 Å². The summed E-state index contributed by atoms with van der Waals surface area (Å²) in [5.74, 6) is 3.85. The lowest BCUT2D eigenvalue weighted by molar-refractivity contribution is -0.148. The van der Waals surface area contributed by atoms with Crippen LogP contribution in [0, 0.1) is 5.92 Å². The zero-order chi connectivity index (χ0) is 7.98. The molecule has 0 spiro atoms. The van der Waals surface area contributed by atoms with Crippen LogP contribution in [0.1, 0.15) is 19.8 Å². The molecule has 2 N–H and O–H groups in total. The number of carbonyl (C=O) groups excluding carboxylic acids is 2. The second-order valence-corrected chi connectivity index (χ2v) is 2.08. The molecule has 4 heteroatoms. The number of nitrogens with two attached hydrogens (primary N) is 1. The third-order valence-electron chi connectivity index (χ3n) is 1.24. The van der Waals surface area contributed by atoms with Gasteiger partial charge in [-0.25, -0.2) is 0 Å². The van der Waals surface area contributed by atoms with Gasteiger partial charge in [0.1, 0.15) is 6.29 Å². The minimum atomic E-state index is -0.471. The van der Waals surface area contributed by atoms with Crippen LogP contribution in [0.4, 0.5) is 0 Å². The molecular formula is C6H11NO3. The van der Waals surface area contributed by atoms with Crippen LogP contribution < -0.4 is 5.90 Å². The molecule has 0 saturated heterocycles. The molecule has 0 aromatic heterocycles. The Morgan fingerprint density at radius 1 is 1.80 bits per heavy atom. The van der Waals surface area contributed by atoms with Crippen LogP contribution in [0.2, 0.25) is 0 Å². The van der Waals surface area contributed by atoms with E-state index in [0.29, 0.717) is 12.8 Å². The summed E-state index contributed by atoms with van der Waals surface area (Å²) in [7, 11) is 0. The van der Waals surface area contributed by atoms with Crippen molar-refractivity contribution >= 4 is 12.3 Å². The fraction of sp³-hybridized carbons (Fsp3) is 0.667. The van der Waals surface area contributed by atoms with E-state index >= 15 is 0 Å². The van der Waals surface area contributed by atoms with Crippen molar-refractivity contribution in [2.24, 2.45) is 11.8 Å². The van der Waals surface area contributed by atoms with Crippen LogP contribution >= 0.6 is 0 Å². The third-order valence-corrected chi connectivity index (χ3v) is 1.24. The van der Waals surface area contributed by atoms with Gasteiger partial charge in [0, 0.05) is 6.42 Å². The molecule has 0 amide bonds. The Hall–Kier alpha value is -0.900. The molecule has 4 nitrogen and oxygen atoms in total. The van der Waals surface area contributed by atoms with Gasteiger partial charge in [0.15, 0.2) is 0 Å². The predicted molar refractivity (Wildman–Crippen MR) is 34.7 cm³/mol. The van der Waals surface area contributed by atoms with Gasteiger partial charge in [0.05, 0.1) is 5.92 Å². The summed E-state index contributed by atoms with van der Waals surface area (Å²) in [6.07, 6.45) is 1.64. The van der Waals surface area contributed by atoms with E-state index in [1.54, 1.807) is 6.92 Å². The van der Waals surface area contributed by atoms with E-state index in [4.69, 9.17) is 0 Å². The molecule has 0 aromatic rings. The van der Waals surface area contributed by atoms with Gasteiger partial charge in [-0.1, -0.05) is 6.92 Å². The Morgan fingerprint density at radius 3 is 2.80 bits per heavy atom. The maximum atomic E-state index is 10.6. The SMILES string of the molecule is CC(CCC=O)C(=O)ON. The normalized spacial score (nSPS) is 12.2. The van der Waals surface area contributed by atoms with E-state index in [9.17, 15) is 9.59 Å². The molecular weight excluding hydrogens is 134 g/mol. The van der Waals surface area contributed by atoms with Crippen LogP contribution in [0.25, 0.3) is 0 Å². The molecule has 0 bridgehead atoms. The Kier molecular flexibility index (Phi) is 4.49. The van der Waals surface area contributed by atoms with Crippen molar-refractivity contribution in [3.63, 3.8) is 0 Å². The fourth-order valence-corrected chi connectivity index (χ4v) is 0.552. The largest absolute Gasteiger partial charge is 0.373 e. The minimum absolute atomic E-state index is 0.282. The Bertz CT molecular complexity index is 124. The van der Waals surface area contributed by atoms with Crippen LogP contribution in [0.5, 0.6) is 0 Å². The second-order valence-electron chi connectivity index (χ2n) is 2.08. The van der Waals surface area contributed by atoms with Gasteiger partial charge in [0.25, 0.3) is 0 Å². The number of rotatable bonds is 4. The van der Waals surface area contributed by atoms with Crippen molar-refractivity contribution < 1.29 is 14.4 Å². The second kappa shape index (κ2) is 4.93. The maximum absolute atomic E-state index is 10.6. The standard InChI is InChI=1S/C6H11NO3/c1-5(3-2-4-8)6(9)10-7/h4-5H,2-3,7H2,1H3. The van der Waals surface area contributed by atoms with E-state index in [-0.39, 0.29) is 5.92 Å². The lowest BCUT2D eigenvalue weighted by atomic mass is 10.1. The number of hydrogen-bond donors (Lipinski definition) is 1. The van der Waals surface area contributed by atoms with Crippen molar-refractivity contribution in [1.82, 2.24) is 0 Å². The summed E-state index contributed by atoms with van der Waals surface area (Å²) in [6.45, 7) is 1.67. The molecule has 58 valence electrons. The summed E-state index contributed by atoms with van der Waals surface area (Å²) in [6, 6.07) is 0. The van der Waals surface area contributed by atoms with E-state index in [1.165, 1.54) is 0 Å². The van der Waals surface area contributed by atoms with E-state index in [1.807, 2.05) is 0 Å². The molecule has 0 saturated carbocycles. The fourth-order valence-electron chi connectivity index (χ4n) is 0.552. The molecule has 1 unspecified atom stereocenters. The Labute approximate surface area is 59.3 Å². The maximum Gasteiger partial charge on any atom is 0.327 e. The smallest absolute Gasteiger partial charge is 0.327 e. The highest BCUT2D eigenvalue weighted by molar-refractivity contribution is 5.71. The molecule has 1 atom stereocenters. The van der Waals surface area contributed by atoms with Gasteiger partial charge in [0.2, 0.25) is 0 Å². The Morgan fingerprint density at radius 2 is 2.40 bits per heavy atom. The Balaban J connectivity index is 3.50. The van der Waals surface area contributed by atoms with Gasteiger partial charge in [-0.3, -0.25) is 4.79 Å². The van der Waals surface area contributed by atoms with Gasteiger partial charge in [-0.05, 0) is 6.42 Å². The van der Waals surface area contributed by atoms with Crippen molar-refractivity contribution in [3.05, 3.63) is 0 Å². The highest BCUT2D eigenvalue weighted by Crippen LogP contribution is 2.04. The quantitative estimate of drug-likeness (QED) is 0.447. The third kappa shape index (κ3) is 3.19. The van der Waals surface area contributed by atoms with Gasteiger partial charge >= 0.3 is 5.97 Å². The van der Waals surface area contributed by atoms with Crippen molar-refractivity contribution in [2.45, 2.75) is 19.8 Å². The number of carbonyl (C=O) groups is 2. The van der Waals surface area contributed by atoms with E-state index < -0.39 is 5.97 Å². The zero-order valence-electron chi connectivity index (χ0n) is 5.87. The molecule has 0 radical (unpaired) electrons. The topological polar surface area (TPSA) is 69.4 Å². The van der Waals surface area contributed by atoms with Crippen molar-refractivity contribution in [2.75, 3.05) is 0 Å². The lowest BCUT2D eigenvalue weighted by Crippen LogP contribution is -2.18. The summed E-state index contributed by atoms with van der Waals surface area (Å²) in [5.41, 5.74) is 0. The summed E-state index contributed by atoms with van der Waals surface area (Å²) < 4.78 is 0. The number of hydrogen-bond acceptors (Lipinski definition) is 4. The van der Waals surface area contributed by atoms with Crippen LogP contribution in [0.15, 0.2) is 0 Å². The first-order valence-electron chi connectivity index (χ1n) is 3.06. The van der Waals surface area contributed by atoms with Crippen LogP contribution in [-0.4, -0.2) is 12.3 Å². The van der Waals surface area contributed by atoms with Crippen molar-refractivity contribution in [3.8, 4) is 0 Å². The molecule has 10 heavy (non-hydrogen) atoms. The summed E-state index contributed by atoms with van der Waals surface area (Å²) >= 11 is 0. The molecule has 0 fully saturated rings. The molecule has 0 aliphatic rings. The summed E-state index contributed by atoms with van der Waals surface area (Å²) in [5, 5.41) is 0. The van der Waals surface area contributed by atoms with Gasteiger partial charge in [-0.2, -0.15) is 5.90 Å². The number of aldehydes is 1. The average molecular weight is 145 g/mol. The first-order valence-corrected chi connectivity index (χ1v) is 3.06. The lowest BCUT2D eigenvalue weighted by Gasteiger charge is -2.03. The summed E-state index contributed by atoms with van der Waals surface area (Å²) in [4.78, 5) is 24.3. The zero-order valence-corrected chi connectivity index (χ0v) is 5.87. The predicted octanol–water partition coefficient (Wildman–Crippen LogP) is 0.0185.